The van der Waals surface area contributed by atoms with Crippen molar-refractivity contribution in [2.45, 2.75) is 47.6 Å². The van der Waals surface area contributed by atoms with Crippen LogP contribution in [0.3, 0.4) is 0 Å². The number of thiazole rings is 1. The quantitative estimate of drug-likeness (QED) is 0.851. The molecule has 1 amide bonds. The standard InChI is InChI=1S/C17H26N2O4S/c1-7-10-11(14(21)22)19(8-9-23-6)15(24-10)18-13(20)12-16(2,3)17(12,4)5/h12H,7-9H2,1-6H3,(H,21,22). The summed E-state index contributed by atoms with van der Waals surface area (Å²) in [7, 11) is 1.56. The highest BCUT2D eigenvalue weighted by atomic mass is 32.1. The van der Waals surface area contributed by atoms with Crippen LogP contribution in [0.15, 0.2) is 4.99 Å². The molecule has 2 rings (SSSR count). The molecular formula is C17H26N2O4S. The summed E-state index contributed by atoms with van der Waals surface area (Å²) in [5.74, 6) is -1.31. The second-order valence-corrected chi connectivity index (χ2v) is 8.35. The van der Waals surface area contributed by atoms with E-state index in [0.29, 0.717) is 24.4 Å². The minimum Gasteiger partial charge on any atom is -0.477 e. The van der Waals surface area contributed by atoms with Gasteiger partial charge in [0, 0.05) is 18.5 Å². The number of aromatic carboxylic acids is 1. The highest BCUT2D eigenvalue weighted by Crippen LogP contribution is 2.68. The minimum absolute atomic E-state index is 0.0918. The van der Waals surface area contributed by atoms with Crippen LogP contribution in [0.1, 0.15) is 50.0 Å². The van der Waals surface area contributed by atoms with E-state index in [-0.39, 0.29) is 28.3 Å². The monoisotopic (exact) mass is 354 g/mol. The van der Waals surface area contributed by atoms with Crippen LogP contribution in [0.2, 0.25) is 0 Å². The van der Waals surface area contributed by atoms with Gasteiger partial charge in [-0.05, 0) is 17.3 Å². The molecule has 0 aliphatic heterocycles. The molecule has 0 bridgehead atoms. The Kier molecular flexibility index (Phi) is 5.06. The Morgan fingerprint density at radius 1 is 1.29 bits per heavy atom. The molecule has 1 heterocycles. The van der Waals surface area contributed by atoms with Gasteiger partial charge < -0.3 is 14.4 Å². The van der Waals surface area contributed by atoms with Crippen molar-refractivity contribution in [3.05, 3.63) is 15.4 Å². The molecule has 1 aromatic rings. The van der Waals surface area contributed by atoms with Gasteiger partial charge in [0.05, 0.1) is 12.5 Å². The summed E-state index contributed by atoms with van der Waals surface area (Å²) < 4.78 is 6.67. The Labute approximate surface area is 146 Å². The van der Waals surface area contributed by atoms with Crippen molar-refractivity contribution in [3.63, 3.8) is 0 Å². The Morgan fingerprint density at radius 2 is 1.88 bits per heavy atom. The van der Waals surface area contributed by atoms with E-state index < -0.39 is 5.97 Å². The number of carbonyl (C=O) groups is 2. The third-order valence-electron chi connectivity index (χ3n) is 5.50. The van der Waals surface area contributed by atoms with Crippen molar-refractivity contribution in [2.24, 2.45) is 21.7 Å². The lowest BCUT2D eigenvalue weighted by molar-refractivity contribution is -0.120. The number of ether oxygens (including phenoxy) is 1. The van der Waals surface area contributed by atoms with E-state index in [0.717, 1.165) is 4.88 Å². The van der Waals surface area contributed by atoms with Crippen molar-refractivity contribution in [1.82, 2.24) is 4.57 Å². The number of carbonyl (C=O) groups excluding carboxylic acids is 1. The van der Waals surface area contributed by atoms with E-state index in [1.807, 2.05) is 6.92 Å². The molecule has 0 atom stereocenters. The van der Waals surface area contributed by atoms with Gasteiger partial charge >= 0.3 is 5.97 Å². The molecule has 1 aromatic heterocycles. The predicted molar refractivity (Wildman–Crippen MR) is 92.1 cm³/mol. The Bertz CT molecular complexity index is 713. The fourth-order valence-electron chi connectivity index (χ4n) is 3.38. The van der Waals surface area contributed by atoms with E-state index in [1.54, 1.807) is 11.7 Å². The topological polar surface area (TPSA) is 80.9 Å². The second kappa shape index (κ2) is 6.44. The van der Waals surface area contributed by atoms with Gasteiger partial charge in [-0.25, -0.2) is 4.79 Å². The van der Waals surface area contributed by atoms with Gasteiger partial charge in [-0.3, -0.25) is 4.79 Å². The van der Waals surface area contributed by atoms with Crippen LogP contribution in [0.4, 0.5) is 0 Å². The van der Waals surface area contributed by atoms with Crippen molar-refractivity contribution in [3.8, 4) is 0 Å². The molecule has 1 N–H and O–H groups in total. The Morgan fingerprint density at radius 3 is 2.29 bits per heavy atom. The summed E-state index contributed by atoms with van der Waals surface area (Å²) in [4.78, 5) is 29.8. The van der Waals surface area contributed by atoms with Gasteiger partial charge in [0.2, 0.25) is 0 Å². The van der Waals surface area contributed by atoms with Crippen LogP contribution < -0.4 is 4.80 Å². The zero-order chi connectivity index (χ0) is 18.3. The first-order valence-corrected chi connectivity index (χ1v) is 8.94. The average molecular weight is 354 g/mol. The van der Waals surface area contributed by atoms with Gasteiger partial charge in [0.25, 0.3) is 5.91 Å². The molecule has 0 radical (unpaired) electrons. The summed E-state index contributed by atoms with van der Waals surface area (Å²) >= 11 is 1.28. The number of amides is 1. The number of carboxylic acid groups (broad SMARTS) is 1. The number of hydrogen-bond acceptors (Lipinski definition) is 4. The summed E-state index contributed by atoms with van der Waals surface area (Å²) in [5.41, 5.74) is 0.0250. The first kappa shape index (κ1) is 18.9. The maximum Gasteiger partial charge on any atom is 0.353 e. The summed E-state index contributed by atoms with van der Waals surface area (Å²) in [5, 5.41) is 9.53. The molecule has 6 nitrogen and oxygen atoms in total. The molecule has 1 fully saturated rings. The molecule has 0 unspecified atom stereocenters. The number of carboxylic acids is 1. The maximum absolute atomic E-state index is 12.7. The van der Waals surface area contributed by atoms with Gasteiger partial charge in [-0.1, -0.05) is 34.6 Å². The van der Waals surface area contributed by atoms with Crippen LogP contribution in [0, 0.1) is 16.7 Å². The zero-order valence-corrected chi connectivity index (χ0v) is 16.0. The fraction of sp³-hybridized carbons (Fsp3) is 0.706. The van der Waals surface area contributed by atoms with Crippen LogP contribution >= 0.6 is 11.3 Å². The van der Waals surface area contributed by atoms with Gasteiger partial charge in [-0.15, -0.1) is 11.3 Å². The second-order valence-electron chi connectivity index (χ2n) is 7.29. The third-order valence-corrected chi connectivity index (χ3v) is 6.72. The molecule has 0 spiro atoms. The molecular weight excluding hydrogens is 328 g/mol. The molecule has 0 aromatic carbocycles. The normalized spacial score (nSPS) is 19.5. The highest BCUT2D eigenvalue weighted by molar-refractivity contribution is 7.09. The SMILES string of the molecule is CCc1sc(=NC(=O)C2C(C)(C)C2(C)C)n(CCOC)c1C(=O)O. The lowest BCUT2D eigenvalue weighted by atomic mass is 10.0. The summed E-state index contributed by atoms with van der Waals surface area (Å²) in [6.45, 7) is 10.9. The Balaban J connectivity index is 2.49. The third kappa shape index (κ3) is 2.95. The molecule has 1 aliphatic rings. The fourth-order valence-corrected chi connectivity index (χ4v) is 4.47. The number of nitrogens with zero attached hydrogens (tertiary/aromatic N) is 2. The number of aryl methyl sites for hydroxylation is 1. The smallest absolute Gasteiger partial charge is 0.353 e. The van der Waals surface area contributed by atoms with Gasteiger partial charge in [-0.2, -0.15) is 4.99 Å². The number of methoxy groups -OCH3 is 1. The lowest BCUT2D eigenvalue weighted by Gasteiger charge is -2.06. The largest absolute Gasteiger partial charge is 0.477 e. The molecule has 0 saturated heterocycles. The zero-order valence-electron chi connectivity index (χ0n) is 15.2. The first-order chi connectivity index (χ1) is 11.1. The summed E-state index contributed by atoms with van der Waals surface area (Å²) in [6, 6.07) is 0. The van der Waals surface area contributed by atoms with Gasteiger partial charge in [0.1, 0.15) is 5.69 Å². The molecule has 7 heteroatoms. The van der Waals surface area contributed by atoms with Crippen molar-refractivity contribution in [1.29, 1.82) is 0 Å². The molecule has 134 valence electrons. The number of aromatic nitrogens is 1. The van der Waals surface area contributed by atoms with Crippen LogP contribution in [-0.2, 0) is 22.5 Å². The molecule has 1 aliphatic carbocycles. The van der Waals surface area contributed by atoms with E-state index in [4.69, 9.17) is 4.74 Å². The van der Waals surface area contributed by atoms with E-state index in [9.17, 15) is 14.7 Å². The predicted octanol–water partition coefficient (Wildman–Crippen LogP) is 2.57. The van der Waals surface area contributed by atoms with Crippen molar-refractivity contribution in [2.75, 3.05) is 13.7 Å². The summed E-state index contributed by atoms with van der Waals surface area (Å²) in [6.07, 6.45) is 0.587. The minimum atomic E-state index is -1.000. The van der Waals surface area contributed by atoms with Crippen LogP contribution in [0.25, 0.3) is 0 Å². The van der Waals surface area contributed by atoms with Gasteiger partial charge in [0.15, 0.2) is 4.80 Å². The van der Waals surface area contributed by atoms with Crippen molar-refractivity contribution < 1.29 is 19.4 Å². The molecule has 1 saturated carbocycles. The lowest BCUT2D eigenvalue weighted by Crippen LogP contribution is -2.24. The van der Waals surface area contributed by atoms with Crippen LogP contribution in [0.5, 0.6) is 0 Å². The first-order valence-electron chi connectivity index (χ1n) is 8.12. The average Bonchev–Trinajstić information content (AvgIpc) is 2.77. The van der Waals surface area contributed by atoms with E-state index >= 15 is 0 Å². The number of rotatable bonds is 6. The van der Waals surface area contributed by atoms with E-state index in [1.165, 1.54) is 11.3 Å². The highest BCUT2D eigenvalue weighted by Gasteiger charge is 2.68. The Hall–Kier alpha value is -1.47. The maximum atomic E-state index is 12.7. The van der Waals surface area contributed by atoms with E-state index in [2.05, 4.69) is 32.7 Å². The van der Waals surface area contributed by atoms with Crippen LogP contribution in [-0.4, -0.2) is 35.3 Å². The number of hydrogen-bond donors (Lipinski definition) is 1. The molecule has 24 heavy (non-hydrogen) atoms. The van der Waals surface area contributed by atoms with Crippen molar-refractivity contribution >= 4 is 23.2 Å².